The molecule has 0 radical (unpaired) electrons. The quantitative estimate of drug-likeness (QED) is 0.740. The summed E-state index contributed by atoms with van der Waals surface area (Å²) in [5.74, 6) is 0.568. The first kappa shape index (κ1) is 13.1. The lowest BCUT2D eigenvalue weighted by Gasteiger charge is -2.33. The molecule has 2 aliphatic rings. The maximum atomic E-state index is 4.80. The lowest BCUT2D eigenvalue weighted by Crippen LogP contribution is -2.24. The van der Waals surface area contributed by atoms with Gasteiger partial charge in [0.2, 0.25) is 0 Å². The SMILES string of the molecule is CCc1cnc(C(C)C)c2c1CC1(CCCCC1)C2. The second kappa shape index (κ2) is 4.92. The third kappa shape index (κ3) is 2.22. The molecule has 1 saturated carbocycles. The van der Waals surface area contributed by atoms with Crippen LogP contribution in [0.2, 0.25) is 0 Å². The van der Waals surface area contributed by atoms with Gasteiger partial charge in [-0.1, -0.05) is 40.0 Å². The van der Waals surface area contributed by atoms with Crippen LogP contribution in [-0.4, -0.2) is 4.98 Å². The fourth-order valence-electron chi connectivity index (χ4n) is 4.34. The van der Waals surface area contributed by atoms with Crippen molar-refractivity contribution in [3.8, 4) is 0 Å². The van der Waals surface area contributed by atoms with Crippen molar-refractivity contribution in [1.29, 1.82) is 0 Å². The van der Waals surface area contributed by atoms with E-state index >= 15 is 0 Å². The molecule has 3 rings (SSSR count). The number of nitrogens with zero attached hydrogens (tertiary/aromatic N) is 1. The molecule has 1 aromatic rings. The summed E-state index contributed by atoms with van der Waals surface area (Å²) in [6, 6.07) is 0. The lowest BCUT2D eigenvalue weighted by molar-refractivity contribution is 0.202. The average Bonchev–Trinajstić information content (AvgIpc) is 2.76. The average molecular weight is 257 g/mol. The molecule has 0 aromatic carbocycles. The highest BCUT2D eigenvalue weighted by molar-refractivity contribution is 5.43. The molecule has 0 atom stereocenters. The molecule has 0 bridgehead atoms. The molecular weight excluding hydrogens is 230 g/mol. The first-order valence-corrected chi connectivity index (χ1v) is 8.15. The zero-order valence-electron chi connectivity index (χ0n) is 12.8. The summed E-state index contributed by atoms with van der Waals surface area (Å²) in [6.45, 7) is 6.86. The van der Waals surface area contributed by atoms with Crippen molar-refractivity contribution in [3.05, 3.63) is 28.6 Å². The summed E-state index contributed by atoms with van der Waals surface area (Å²) in [5.41, 5.74) is 6.83. The van der Waals surface area contributed by atoms with Crippen molar-refractivity contribution in [3.63, 3.8) is 0 Å². The van der Waals surface area contributed by atoms with Crippen molar-refractivity contribution in [2.45, 2.75) is 78.1 Å². The Hall–Kier alpha value is -0.850. The molecule has 1 aromatic heterocycles. The van der Waals surface area contributed by atoms with E-state index in [0.29, 0.717) is 11.3 Å². The zero-order valence-corrected chi connectivity index (χ0v) is 12.8. The molecule has 1 nitrogen and oxygen atoms in total. The van der Waals surface area contributed by atoms with E-state index < -0.39 is 0 Å². The van der Waals surface area contributed by atoms with Crippen molar-refractivity contribution in [2.75, 3.05) is 0 Å². The summed E-state index contributed by atoms with van der Waals surface area (Å²) in [4.78, 5) is 4.80. The highest BCUT2D eigenvalue weighted by atomic mass is 14.7. The van der Waals surface area contributed by atoms with Crippen molar-refractivity contribution < 1.29 is 0 Å². The van der Waals surface area contributed by atoms with Gasteiger partial charge in [-0.3, -0.25) is 4.98 Å². The lowest BCUT2D eigenvalue weighted by atomic mass is 9.72. The molecule has 1 spiro atoms. The minimum absolute atomic E-state index is 0.568. The van der Waals surface area contributed by atoms with Gasteiger partial charge < -0.3 is 0 Å². The van der Waals surface area contributed by atoms with Crippen LogP contribution in [-0.2, 0) is 19.3 Å². The maximum Gasteiger partial charge on any atom is 0.0464 e. The Bertz CT molecular complexity index is 467. The van der Waals surface area contributed by atoms with E-state index in [4.69, 9.17) is 4.98 Å². The second-order valence-corrected chi connectivity index (χ2v) is 7.05. The van der Waals surface area contributed by atoms with E-state index in [1.807, 2.05) is 0 Å². The van der Waals surface area contributed by atoms with Crippen LogP contribution in [0.1, 0.15) is 81.2 Å². The fourth-order valence-corrected chi connectivity index (χ4v) is 4.34. The summed E-state index contributed by atoms with van der Waals surface area (Å²) in [7, 11) is 0. The summed E-state index contributed by atoms with van der Waals surface area (Å²) in [6.07, 6.45) is 13.2. The summed E-state index contributed by atoms with van der Waals surface area (Å²) in [5, 5.41) is 0. The van der Waals surface area contributed by atoms with E-state index in [-0.39, 0.29) is 0 Å². The van der Waals surface area contributed by atoms with Gasteiger partial charge in [0, 0.05) is 11.9 Å². The number of fused-ring (bicyclic) bond motifs is 1. The topological polar surface area (TPSA) is 12.9 Å². The highest BCUT2D eigenvalue weighted by Crippen LogP contribution is 2.49. The predicted octanol–water partition coefficient (Wildman–Crippen LogP) is 4.82. The Balaban J connectivity index is 2.01. The third-order valence-corrected chi connectivity index (χ3v) is 5.37. The van der Waals surface area contributed by atoms with Crippen molar-refractivity contribution in [1.82, 2.24) is 4.98 Å². The van der Waals surface area contributed by atoms with Crippen LogP contribution in [0.3, 0.4) is 0 Å². The van der Waals surface area contributed by atoms with Crippen LogP contribution < -0.4 is 0 Å². The summed E-state index contributed by atoms with van der Waals surface area (Å²) < 4.78 is 0. The van der Waals surface area contributed by atoms with E-state index in [1.165, 1.54) is 56.2 Å². The van der Waals surface area contributed by atoms with Crippen LogP contribution in [0.15, 0.2) is 6.20 Å². The van der Waals surface area contributed by atoms with E-state index in [1.54, 1.807) is 11.1 Å². The second-order valence-electron chi connectivity index (χ2n) is 7.05. The van der Waals surface area contributed by atoms with E-state index in [2.05, 4.69) is 27.0 Å². The molecule has 0 saturated heterocycles. The van der Waals surface area contributed by atoms with Crippen LogP contribution >= 0.6 is 0 Å². The van der Waals surface area contributed by atoms with Gasteiger partial charge >= 0.3 is 0 Å². The van der Waals surface area contributed by atoms with Gasteiger partial charge in [-0.2, -0.15) is 0 Å². The monoisotopic (exact) mass is 257 g/mol. The van der Waals surface area contributed by atoms with Gasteiger partial charge in [-0.05, 0) is 60.1 Å². The van der Waals surface area contributed by atoms with Crippen LogP contribution in [0.25, 0.3) is 0 Å². The molecule has 0 N–H and O–H groups in total. The van der Waals surface area contributed by atoms with Crippen LogP contribution in [0.4, 0.5) is 0 Å². The Kier molecular flexibility index (Phi) is 3.41. The molecule has 2 aliphatic carbocycles. The summed E-state index contributed by atoms with van der Waals surface area (Å²) >= 11 is 0. The van der Waals surface area contributed by atoms with Gasteiger partial charge in [0.25, 0.3) is 0 Å². The number of pyridine rings is 1. The minimum Gasteiger partial charge on any atom is -0.260 e. The number of hydrogen-bond acceptors (Lipinski definition) is 1. The minimum atomic E-state index is 0.568. The van der Waals surface area contributed by atoms with E-state index in [0.717, 1.165) is 6.42 Å². The van der Waals surface area contributed by atoms with Gasteiger partial charge in [0.1, 0.15) is 0 Å². The number of aromatic nitrogens is 1. The van der Waals surface area contributed by atoms with E-state index in [9.17, 15) is 0 Å². The molecule has 0 unspecified atom stereocenters. The molecule has 104 valence electrons. The Morgan fingerprint density at radius 2 is 1.79 bits per heavy atom. The normalized spacial score (nSPS) is 21.1. The first-order valence-electron chi connectivity index (χ1n) is 8.15. The number of aryl methyl sites for hydroxylation is 1. The molecule has 0 aliphatic heterocycles. The Morgan fingerprint density at radius 1 is 1.11 bits per heavy atom. The number of hydrogen-bond donors (Lipinski definition) is 0. The zero-order chi connectivity index (χ0) is 13.5. The van der Waals surface area contributed by atoms with Crippen molar-refractivity contribution in [2.24, 2.45) is 5.41 Å². The molecule has 19 heavy (non-hydrogen) atoms. The predicted molar refractivity (Wildman–Crippen MR) is 80.6 cm³/mol. The Labute approximate surface area is 117 Å². The van der Waals surface area contributed by atoms with Gasteiger partial charge in [-0.15, -0.1) is 0 Å². The van der Waals surface area contributed by atoms with Crippen LogP contribution in [0, 0.1) is 5.41 Å². The van der Waals surface area contributed by atoms with Gasteiger partial charge in [-0.25, -0.2) is 0 Å². The molecule has 1 fully saturated rings. The fraction of sp³-hybridized carbons (Fsp3) is 0.722. The molecule has 0 amide bonds. The van der Waals surface area contributed by atoms with Crippen molar-refractivity contribution >= 4 is 0 Å². The van der Waals surface area contributed by atoms with Crippen LogP contribution in [0.5, 0.6) is 0 Å². The highest BCUT2D eigenvalue weighted by Gasteiger charge is 2.40. The third-order valence-electron chi connectivity index (χ3n) is 5.37. The Morgan fingerprint density at radius 3 is 2.42 bits per heavy atom. The molecular formula is C18H27N. The maximum absolute atomic E-state index is 4.80. The standard InChI is InChI=1S/C18H27N/c1-4-14-12-19-17(13(2)3)16-11-18(10-15(14)16)8-6-5-7-9-18/h12-13H,4-11H2,1-3H3. The molecule has 1 heteroatoms. The first-order chi connectivity index (χ1) is 9.15. The number of rotatable bonds is 2. The van der Waals surface area contributed by atoms with Gasteiger partial charge in [0.15, 0.2) is 0 Å². The molecule has 1 heterocycles. The smallest absolute Gasteiger partial charge is 0.0464 e. The van der Waals surface area contributed by atoms with Gasteiger partial charge in [0.05, 0.1) is 0 Å². The largest absolute Gasteiger partial charge is 0.260 e.